The van der Waals surface area contributed by atoms with Gasteiger partial charge in [-0.2, -0.15) is 0 Å². The van der Waals surface area contributed by atoms with Gasteiger partial charge in [0.05, 0.1) is 5.75 Å². The third-order valence-electron chi connectivity index (χ3n) is 3.31. The Bertz CT molecular complexity index is 633. The first-order chi connectivity index (χ1) is 9.78. The summed E-state index contributed by atoms with van der Waals surface area (Å²) in [5, 5.41) is 0. The molecule has 0 radical (unpaired) electrons. The summed E-state index contributed by atoms with van der Waals surface area (Å²) < 4.78 is 1.10. The number of rotatable bonds is 4. The number of nitrogens with two attached hydrogens (primary N) is 1. The van der Waals surface area contributed by atoms with Crippen molar-refractivity contribution in [3.8, 4) is 0 Å². The van der Waals surface area contributed by atoms with Gasteiger partial charge in [0.25, 0.3) is 0 Å². The molecule has 0 saturated heterocycles. The van der Waals surface area contributed by atoms with Gasteiger partial charge in [-0.05, 0) is 47.3 Å². The first-order valence-corrected chi connectivity index (χ1v) is 8.28. The number of aromatic nitrogens is 2. The van der Waals surface area contributed by atoms with Crippen molar-refractivity contribution < 1.29 is 0 Å². The zero-order valence-corrected chi connectivity index (χ0v) is 13.3. The van der Waals surface area contributed by atoms with Gasteiger partial charge >= 0.3 is 0 Å². The maximum Gasteiger partial charge on any atom is 0.147 e. The Balaban J connectivity index is 1.80. The molecule has 3 N–H and O–H groups in total. The van der Waals surface area contributed by atoms with Crippen molar-refractivity contribution >= 4 is 33.5 Å². The van der Waals surface area contributed by atoms with E-state index in [1.165, 1.54) is 10.5 Å². The quantitative estimate of drug-likeness (QED) is 0.503. The van der Waals surface area contributed by atoms with E-state index in [1.807, 2.05) is 18.2 Å². The van der Waals surface area contributed by atoms with Crippen molar-refractivity contribution in [3.63, 3.8) is 0 Å². The molecule has 0 spiro atoms. The minimum atomic E-state index is 0.741. The van der Waals surface area contributed by atoms with Gasteiger partial charge in [-0.3, -0.25) is 0 Å². The summed E-state index contributed by atoms with van der Waals surface area (Å²) in [6.45, 7) is 0. The van der Waals surface area contributed by atoms with Gasteiger partial charge in [-0.15, -0.1) is 11.8 Å². The summed E-state index contributed by atoms with van der Waals surface area (Å²) in [4.78, 5) is 10.4. The van der Waals surface area contributed by atoms with E-state index in [0.29, 0.717) is 0 Å². The fourth-order valence-corrected chi connectivity index (χ4v) is 3.79. The molecule has 6 heteroatoms. The van der Waals surface area contributed by atoms with Gasteiger partial charge < -0.3 is 5.43 Å². The van der Waals surface area contributed by atoms with Crippen molar-refractivity contribution in [2.75, 3.05) is 5.43 Å². The van der Waals surface area contributed by atoms with Crippen molar-refractivity contribution in [1.29, 1.82) is 0 Å². The number of hydrogen-bond donors (Lipinski definition) is 2. The molecule has 2 aromatic rings. The number of anilines is 1. The van der Waals surface area contributed by atoms with Gasteiger partial charge in [0, 0.05) is 20.6 Å². The van der Waals surface area contributed by atoms with E-state index >= 15 is 0 Å². The number of hydrazine groups is 1. The summed E-state index contributed by atoms with van der Waals surface area (Å²) in [5.41, 5.74) is 5.04. The first-order valence-electron chi connectivity index (χ1n) is 6.50. The van der Waals surface area contributed by atoms with Crippen LogP contribution in [0.15, 0.2) is 33.6 Å². The molecule has 1 aliphatic carbocycles. The lowest BCUT2D eigenvalue weighted by molar-refractivity contribution is 0.893. The number of aryl methyl sites for hydroxylation is 1. The maximum absolute atomic E-state index is 5.57. The van der Waals surface area contributed by atoms with Crippen molar-refractivity contribution in [2.45, 2.75) is 29.9 Å². The second-order valence-electron chi connectivity index (χ2n) is 4.63. The highest BCUT2D eigenvalue weighted by atomic mass is 79.9. The predicted octanol–water partition coefficient (Wildman–Crippen LogP) is 3.31. The van der Waals surface area contributed by atoms with E-state index in [1.54, 1.807) is 11.8 Å². The smallest absolute Gasteiger partial charge is 0.147 e. The number of thioether (sulfide) groups is 1. The second-order valence-corrected chi connectivity index (χ2v) is 6.50. The largest absolute Gasteiger partial charge is 0.308 e. The van der Waals surface area contributed by atoms with Crippen LogP contribution in [0.4, 0.5) is 5.82 Å². The van der Waals surface area contributed by atoms with E-state index in [2.05, 4.69) is 37.4 Å². The van der Waals surface area contributed by atoms with Gasteiger partial charge in [-0.25, -0.2) is 15.8 Å². The summed E-state index contributed by atoms with van der Waals surface area (Å²) in [7, 11) is 0. The van der Waals surface area contributed by atoms with Crippen LogP contribution in [0, 0.1) is 0 Å². The monoisotopic (exact) mass is 350 g/mol. The molecule has 1 aromatic heterocycles. The summed E-state index contributed by atoms with van der Waals surface area (Å²) in [6.07, 6.45) is 3.19. The number of halogens is 1. The Hall–Kier alpha value is -1.11. The molecule has 20 heavy (non-hydrogen) atoms. The molecule has 1 aromatic carbocycles. The highest BCUT2D eigenvalue weighted by Crippen LogP contribution is 2.31. The van der Waals surface area contributed by atoms with Crippen LogP contribution in [0.3, 0.4) is 0 Å². The Kier molecular flexibility index (Phi) is 4.24. The Morgan fingerprint density at radius 3 is 2.90 bits per heavy atom. The number of nitrogen functional groups attached to an aromatic ring is 1. The molecule has 0 atom stereocenters. The summed E-state index contributed by atoms with van der Waals surface area (Å²) in [6, 6.07) is 8.17. The minimum absolute atomic E-state index is 0.741. The van der Waals surface area contributed by atoms with Crippen molar-refractivity contribution in [2.24, 2.45) is 5.84 Å². The van der Waals surface area contributed by atoms with Gasteiger partial charge in [0.2, 0.25) is 0 Å². The third kappa shape index (κ3) is 2.82. The van der Waals surface area contributed by atoms with Gasteiger partial charge in [-0.1, -0.05) is 12.1 Å². The van der Waals surface area contributed by atoms with Crippen LogP contribution in [0.1, 0.15) is 23.5 Å². The van der Waals surface area contributed by atoms with Crippen LogP contribution in [0.2, 0.25) is 0 Å². The first kappa shape index (κ1) is 13.9. The Morgan fingerprint density at radius 1 is 1.25 bits per heavy atom. The van der Waals surface area contributed by atoms with Crippen molar-refractivity contribution in [1.82, 2.24) is 9.97 Å². The lowest BCUT2D eigenvalue weighted by atomic mass is 10.2. The maximum atomic E-state index is 5.57. The lowest BCUT2D eigenvalue weighted by Crippen LogP contribution is -2.13. The number of benzene rings is 1. The zero-order chi connectivity index (χ0) is 13.9. The zero-order valence-electron chi connectivity index (χ0n) is 10.9. The van der Waals surface area contributed by atoms with Crippen molar-refractivity contribution in [3.05, 3.63) is 45.8 Å². The van der Waals surface area contributed by atoms with Crippen LogP contribution < -0.4 is 11.3 Å². The molecule has 0 saturated carbocycles. The molecule has 0 unspecified atom stereocenters. The molecule has 0 bridgehead atoms. The fourth-order valence-electron chi connectivity index (χ4n) is 2.37. The SMILES string of the molecule is NNc1nc(CSc2ccccc2Br)nc2c1CCC2. The van der Waals surface area contributed by atoms with Crippen LogP contribution in [-0.4, -0.2) is 9.97 Å². The average molecular weight is 351 g/mol. The van der Waals surface area contributed by atoms with Gasteiger partial charge in [0.1, 0.15) is 11.6 Å². The van der Waals surface area contributed by atoms with Crippen LogP contribution >= 0.6 is 27.7 Å². The highest BCUT2D eigenvalue weighted by Gasteiger charge is 2.18. The second kappa shape index (κ2) is 6.11. The number of nitrogens with zero attached hydrogens (tertiary/aromatic N) is 2. The number of hydrogen-bond acceptors (Lipinski definition) is 5. The Labute approximate surface area is 130 Å². The van der Waals surface area contributed by atoms with Gasteiger partial charge in [0.15, 0.2) is 0 Å². The number of nitrogens with one attached hydrogen (secondary N) is 1. The molecule has 104 valence electrons. The van der Waals surface area contributed by atoms with Crippen LogP contribution in [0.5, 0.6) is 0 Å². The normalized spacial score (nSPS) is 13.3. The third-order valence-corrected chi connectivity index (χ3v) is 5.33. The molecule has 1 aliphatic rings. The highest BCUT2D eigenvalue weighted by molar-refractivity contribution is 9.10. The molecule has 0 amide bonds. The standard InChI is InChI=1S/C14H15BrN4S/c15-10-5-1-2-7-12(10)20-8-13-17-11-6-3-4-9(11)14(18-13)19-16/h1-2,5,7H,3-4,6,8,16H2,(H,17,18,19). The van der Waals surface area contributed by atoms with Crippen LogP contribution in [0.25, 0.3) is 0 Å². The summed E-state index contributed by atoms with van der Waals surface area (Å²) in [5.74, 6) is 7.93. The topological polar surface area (TPSA) is 63.8 Å². The lowest BCUT2D eigenvalue weighted by Gasteiger charge is -2.09. The van der Waals surface area contributed by atoms with E-state index < -0.39 is 0 Å². The van der Waals surface area contributed by atoms with E-state index in [9.17, 15) is 0 Å². The molecule has 0 fully saturated rings. The molecule has 0 aliphatic heterocycles. The van der Waals surface area contributed by atoms with E-state index in [0.717, 1.165) is 46.8 Å². The van der Waals surface area contributed by atoms with Crippen LogP contribution in [-0.2, 0) is 18.6 Å². The molecule has 1 heterocycles. The molecular formula is C14H15BrN4S. The van der Waals surface area contributed by atoms with E-state index in [-0.39, 0.29) is 0 Å². The average Bonchev–Trinajstić information content (AvgIpc) is 2.94. The summed E-state index contributed by atoms with van der Waals surface area (Å²) >= 11 is 5.28. The minimum Gasteiger partial charge on any atom is -0.308 e. The fraction of sp³-hybridized carbons (Fsp3) is 0.286. The Morgan fingerprint density at radius 2 is 2.10 bits per heavy atom. The molecule has 4 nitrogen and oxygen atoms in total. The molecule has 3 rings (SSSR count). The number of fused-ring (bicyclic) bond motifs is 1. The predicted molar refractivity (Wildman–Crippen MR) is 85.6 cm³/mol. The molecular weight excluding hydrogens is 336 g/mol. The van der Waals surface area contributed by atoms with E-state index in [4.69, 9.17) is 5.84 Å².